The van der Waals surface area contributed by atoms with Crippen LogP contribution in [0.15, 0.2) is 18.2 Å². The maximum absolute atomic E-state index is 3.46. The summed E-state index contributed by atoms with van der Waals surface area (Å²) in [6.07, 6.45) is 6.64. The number of aryl methyl sites for hydroxylation is 1. The Morgan fingerprint density at radius 2 is 2.00 bits per heavy atom. The third-order valence-electron chi connectivity index (χ3n) is 3.01. The summed E-state index contributed by atoms with van der Waals surface area (Å²) in [6, 6.07) is 6.69. The van der Waals surface area contributed by atoms with Gasteiger partial charge in [-0.15, -0.1) is 0 Å². The highest BCUT2D eigenvalue weighted by Crippen LogP contribution is 2.26. The lowest BCUT2D eigenvalue weighted by Gasteiger charge is -2.12. The summed E-state index contributed by atoms with van der Waals surface area (Å²) in [5, 5.41) is 3.46. The molecule has 1 heteroatoms. The second-order valence-electron chi connectivity index (χ2n) is 4.03. The first-order valence-electron chi connectivity index (χ1n) is 5.76. The predicted octanol–water partition coefficient (Wildman–Crippen LogP) is 3.39. The maximum atomic E-state index is 3.46. The van der Waals surface area contributed by atoms with Crippen LogP contribution in [0.1, 0.15) is 37.3 Å². The van der Waals surface area contributed by atoms with Crippen LogP contribution in [0.4, 0.5) is 5.69 Å². The zero-order valence-electron chi connectivity index (χ0n) is 8.97. The molecule has 76 valence electrons. The molecule has 0 heterocycles. The van der Waals surface area contributed by atoms with E-state index in [1.807, 2.05) is 0 Å². The molecule has 0 saturated carbocycles. The van der Waals surface area contributed by atoms with Gasteiger partial charge in [-0.1, -0.05) is 18.6 Å². The average Bonchev–Trinajstić information content (AvgIpc) is 2.44. The van der Waals surface area contributed by atoms with Gasteiger partial charge in [-0.25, -0.2) is 0 Å². The van der Waals surface area contributed by atoms with E-state index in [2.05, 4.69) is 30.4 Å². The second-order valence-corrected chi connectivity index (χ2v) is 4.03. The van der Waals surface area contributed by atoms with Crippen molar-refractivity contribution < 1.29 is 0 Å². The Labute approximate surface area is 86.5 Å². The van der Waals surface area contributed by atoms with Crippen molar-refractivity contribution in [1.82, 2.24) is 0 Å². The van der Waals surface area contributed by atoms with Crippen LogP contribution < -0.4 is 5.32 Å². The lowest BCUT2D eigenvalue weighted by atomic mass is 10.0. The molecule has 0 bridgehead atoms. The summed E-state index contributed by atoms with van der Waals surface area (Å²) in [5.41, 5.74) is 4.51. The summed E-state index contributed by atoms with van der Waals surface area (Å²) in [6.45, 7) is 3.19. The van der Waals surface area contributed by atoms with Crippen LogP contribution in [-0.2, 0) is 12.8 Å². The Morgan fingerprint density at radius 1 is 1.14 bits per heavy atom. The normalized spacial score (nSPS) is 15.8. The van der Waals surface area contributed by atoms with Crippen molar-refractivity contribution in [2.24, 2.45) is 0 Å². The quantitative estimate of drug-likeness (QED) is 0.703. The highest BCUT2D eigenvalue weighted by molar-refractivity contribution is 5.55. The second kappa shape index (κ2) is 4.50. The van der Waals surface area contributed by atoms with E-state index in [1.165, 1.54) is 37.8 Å². The van der Waals surface area contributed by atoms with Gasteiger partial charge < -0.3 is 5.32 Å². The molecule has 1 aliphatic rings. The van der Waals surface area contributed by atoms with Gasteiger partial charge in [0.25, 0.3) is 0 Å². The van der Waals surface area contributed by atoms with Gasteiger partial charge in [0.05, 0.1) is 0 Å². The van der Waals surface area contributed by atoms with E-state index in [1.54, 1.807) is 11.1 Å². The van der Waals surface area contributed by atoms with Crippen LogP contribution in [0.5, 0.6) is 0 Å². The first kappa shape index (κ1) is 9.57. The van der Waals surface area contributed by atoms with Gasteiger partial charge >= 0.3 is 0 Å². The van der Waals surface area contributed by atoms with E-state index in [-0.39, 0.29) is 0 Å². The fourth-order valence-corrected chi connectivity index (χ4v) is 2.31. The largest absolute Gasteiger partial charge is 0.385 e. The topological polar surface area (TPSA) is 12.0 Å². The minimum absolute atomic E-state index is 1.02. The average molecular weight is 189 g/mol. The summed E-state index contributed by atoms with van der Waals surface area (Å²) >= 11 is 0. The molecule has 0 unspecified atom stereocenters. The van der Waals surface area contributed by atoms with Crippen LogP contribution in [0.2, 0.25) is 0 Å². The lowest BCUT2D eigenvalue weighted by Crippen LogP contribution is -2.02. The van der Waals surface area contributed by atoms with Gasteiger partial charge in [-0.3, -0.25) is 0 Å². The first-order valence-corrected chi connectivity index (χ1v) is 5.76. The van der Waals surface area contributed by atoms with Crippen molar-refractivity contribution in [2.45, 2.75) is 39.0 Å². The van der Waals surface area contributed by atoms with Gasteiger partial charge in [-0.2, -0.15) is 0 Å². The number of hydrogen-bond donors (Lipinski definition) is 1. The Hall–Kier alpha value is -0.980. The van der Waals surface area contributed by atoms with Gasteiger partial charge in [0, 0.05) is 12.2 Å². The van der Waals surface area contributed by atoms with Crippen LogP contribution in [0.3, 0.4) is 0 Å². The Bertz CT molecular complexity index is 304. The monoisotopic (exact) mass is 189 g/mol. The third kappa shape index (κ3) is 1.92. The number of rotatable bonds is 2. The molecule has 2 rings (SSSR count). The van der Waals surface area contributed by atoms with Crippen LogP contribution >= 0.6 is 0 Å². The van der Waals surface area contributed by atoms with Crippen molar-refractivity contribution >= 4 is 5.69 Å². The van der Waals surface area contributed by atoms with Crippen molar-refractivity contribution in [1.29, 1.82) is 0 Å². The van der Waals surface area contributed by atoms with Crippen LogP contribution in [-0.4, -0.2) is 6.54 Å². The van der Waals surface area contributed by atoms with E-state index in [0.717, 1.165) is 6.54 Å². The van der Waals surface area contributed by atoms with E-state index >= 15 is 0 Å². The number of hydrogen-bond acceptors (Lipinski definition) is 1. The molecule has 1 aromatic rings. The summed E-state index contributed by atoms with van der Waals surface area (Å²) in [5.74, 6) is 0. The summed E-state index contributed by atoms with van der Waals surface area (Å²) in [4.78, 5) is 0. The summed E-state index contributed by atoms with van der Waals surface area (Å²) in [7, 11) is 0. The molecule has 1 nitrogen and oxygen atoms in total. The molecular weight excluding hydrogens is 170 g/mol. The molecule has 0 atom stereocenters. The molecule has 0 fully saturated rings. The molecule has 14 heavy (non-hydrogen) atoms. The van der Waals surface area contributed by atoms with E-state index in [4.69, 9.17) is 0 Å². The van der Waals surface area contributed by atoms with Crippen molar-refractivity contribution in [3.63, 3.8) is 0 Å². The predicted molar refractivity (Wildman–Crippen MR) is 61.9 cm³/mol. The zero-order chi connectivity index (χ0) is 9.80. The molecule has 0 spiro atoms. The van der Waals surface area contributed by atoms with Crippen molar-refractivity contribution in [3.05, 3.63) is 29.3 Å². The zero-order valence-corrected chi connectivity index (χ0v) is 8.97. The minimum atomic E-state index is 1.02. The molecule has 0 aliphatic heterocycles. The molecule has 0 aromatic heterocycles. The smallest absolute Gasteiger partial charge is 0.0375 e. The molecule has 1 aliphatic carbocycles. The standard InChI is InChI=1S/C13H19N/c1-2-14-13-10-6-8-11-7-4-3-5-9-12(11)13/h6,8,10,14H,2-5,7,9H2,1H3. The van der Waals surface area contributed by atoms with Crippen LogP contribution in [0.25, 0.3) is 0 Å². The number of anilines is 1. The van der Waals surface area contributed by atoms with Crippen LogP contribution in [0, 0.1) is 0 Å². The van der Waals surface area contributed by atoms with Gasteiger partial charge in [0.15, 0.2) is 0 Å². The molecule has 0 saturated heterocycles. The van der Waals surface area contributed by atoms with Gasteiger partial charge in [-0.05, 0) is 49.8 Å². The Morgan fingerprint density at radius 3 is 2.86 bits per heavy atom. The van der Waals surface area contributed by atoms with Crippen molar-refractivity contribution in [2.75, 3.05) is 11.9 Å². The summed E-state index contributed by atoms with van der Waals surface area (Å²) < 4.78 is 0. The number of benzene rings is 1. The molecule has 1 N–H and O–H groups in total. The SMILES string of the molecule is CCNc1cccc2c1CCCCC2. The number of nitrogens with one attached hydrogen (secondary N) is 1. The van der Waals surface area contributed by atoms with Crippen molar-refractivity contribution in [3.8, 4) is 0 Å². The Balaban J connectivity index is 2.32. The highest BCUT2D eigenvalue weighted by Gasteiger charge is 2.10. The van der Waals surface area contributed by atoms with Gasteiger partial charge in [0.1, 0.15) is 0 Å². The molecular formula is C13H19N. The van der Waals surface area contributed by atoms with E-state index < -0.39 is 0 Å². The molecule has 0 amide bonds. The van der Waals surface area contributed by atoms with E-state index in [9.17, 15) is 0 Å². The maximum Gasteiger partial charge on any atom is 0.0375 e. The molecule has 1 aromatic carbocycles. The highest BCUT2D eigenvalue weighted by atomic mass is 14.9. The third-order valence-corrected chi connectivity index (χ3v) is 3.01. The van der Waals surface area contributed by atoms with E-state index in [0.29, 0.717) is 0 Å². The van der Waals surface area contributed by atoms with Gasteiger partial charge in [0.2, 0.25) is 0 Å². The lowest BCUT2D eigenvalue weighted by molar-refractivity contribution is 0.712. The first-order chi connectivity index (χ1) is 6.92. The minimum Gasteiger partial charge on any atom is -0.385 e. The Kier molecular flexibility index (Phi) is 3.07. The molecule has 0 radical (unpaired) electrons. The number of fused-ring (bicyclic) bond motifs is 1. The fourth-order valence-electron chi connectivity index (χ4n) is 2.31. The fraction of sp³-hybridized carbons (Fsp3) is 0.538.